The third kappa shape index (κ3) is 4.17. The van der Waals surface area contributed by atoms with Crippen LogP contribution in [0.2, 0.25) is 0 Å². The monoisotopic (exact) mass is 413 g/mol. The third-order valence-electron chi connectivity index (χ3n) is 6.02. The van der Waals surface area contributed by atoms with Gasteiger partial charge >= 0.3 is 0 Å². The topological polar surface area (TPSA) is 64.5 Å². The quantitative estimate of drug-likeness (QED) is 0.519. The van der Waals surface area contributed by atoms with E-state index in [1.165, 1.54) is 0 Å². The number of aromatic hydroxyl groups is 1. The van der Waals surface area contributed by atoms with Crippen molar-refractivity contribution in [3.8, 4) is 17.1 Å². The maximum atomic E-state index is 10.7. The Morgan fingerprint density at radius 1 is 0.903 bits per heavy atom. The van der Waals surface area contributed by atoms with Gasteiger partial charge < -0.3 is 15.3 Å². The fraction of sp³-hybridized carbons (Fsp3) is 0.280. The number of aromatic nitrogens is 2. The summed E-state index contributed by atoms with van der Waals surface area (Å²) in [6.45, 7) is 6.21. The van der Waals surface area contributed by atoms with Crippen molar-refractivity contribution in [3.63, 3.8) is 0 Å². The molecule has 1 fully saturated rings. The highest BCUT2D eigenvalue weighted by atomic mass is 16.3. The first-order valence-electron chi connectivity index (χ1n) is 10.8. The first-order valence-corrected chi connectivity index (χ1v) is 10.8. The summed E-state index contributed by atoms with van der Waals surface area (Å²) in [5.74, 6) is 1.53. The van der Waals surface area contributed by atoms with Gasteiger partial charge in [0.2, 0.25) is 0 Å². The molecule has 6 heteroatoms. The van der Waals surface area contributed by atoms with Crippen molar-refractivity contribution in [2.24, 2.45) is 0 Å². The van der Waals surface area contributed by atoms with Crippen molar-refractivity contribution in [1.82, 2.24) is 19.8 Å². The summed E-state index contributed by atoms with van der Waals surface area (Å²) in [7, 11) is 2.17. The van der Waals surface area contributed by atoms with E-state index in [1.54, 1.807) is 6.07 Å². The Bertz CT molecular complexity index is 1220. The van der Waals surface area contributed by atoms with E-state index < -0.39 is 0 Å². The maximum Gasteiger partial charge on any atom is 0.165 e. The molecule has 4 aromatic rings. The number of rotatable bonds is 5. The number of likely N-dealkylation sites (N-methyl/N-ethyl adjacent to an activating group) is 1. The highest BCUT2D eigenvalue weighted by Gasteiger charge is 2.15. The molecular weight excluding hydrogens is 386 g/mol. The van der Waals surface area contributed by atoms with Crippen molar-refractivity contribution in [1.29, 1.82) is 0 Å². The van der Waals surface area contributed by atoms with Crippen molar-refractivity contribution >= 4 is 27.5 Å². The van der Waals surface area contributed by atoms with Crippen LogP contribution in [0, 0.1) is 0 Å². The summed E-state index contributed by atoms with van der Waals surface area (Å²) >= 11 is 0. The zero-order valence-corrected chi connectivity index (χ0v) is 17.8. The second-order valence-electron chi connectivity index (χ2n) is 8.20. The lowest BCUT2D eigenvalue weighted by Gasteiger charge is -2.32. The summed E-state index contributed by atoms with van der Waals surface area (Å²) in [6.07, 6.45) is 0. The molecule has 2 heterocycles. The standard InChI is InChI=1S/C25H27N5O/c1-29-12-14-30(15-13-29)11-10-26-24-20-8-4-5-9-22(20)27-25(28-24)21-16-18-6-2-3-7-19(18)17-23(21)31/h2-9,16-17,31H,10-15H2,1H3,(H,26,27,28). The predicted molar refractivity (Wildman–Crippen MR) is 127 cm³/mol. The van der Waals surface area contributed by atoms with Gasteiger partial charge in [-0.15, -0.1) is 0 Å². The van der Waals surface area contributed by atoms with Gasteiger partial charge in [-0.3, -0.25) is 4.90 Å². The van der Waals surface area contributed by atoms with E-state index in [9.17, 15) is 5.11 Å². The Labute approximate surface area is 182 Å². The molecule has 2 N–H and O–H groups in total. The van der Waals surface area contributed by atoms with Crippen LogP contribution in [0.3, 0.4) is 0 Å². The Morgan fingerprint density at radius 3 is 2.42 bits per heavy atom. The lowest BCUT2D eigenvalue weighted by molar-refractivity contribution is 0.158. The number of hydrogen-bond donors (Lipinski definition) is 2. The number of para-hydroxylation sites is 1. The zero-order chi connectivity index (χ0) is 21.2. The molecule has 0 spiro atoms. The number of phenols is 1. The number of nitrogens with one attached hydrogen (secondary N) is 1. The highest BCUT2D eigenvalue weighted by Crippen LogP contribution is 2.33. The van der Waals surface area contributed by atoms with Crippen molar-refractivity contribution < 1.29 is 5.11 Å². The minimum atomic E-state index is 0.192. The lowest BCUT2D eigenvalue weighted by atomic mass is 10.1. The first-order chi connectivity index (χ1) is 15.2. The first kappa shape index (κ1) is 19.7. The van der Waals surface area contributed by atoms with Gasteiger partial charge in [0, 0.05) is 44.7 Å². The summed E-state index contributed by atoms with van der Waals surface area (Å²) in [5.41, 5.74) is 1.51. The fourth-order valence-electron chi connectivity index (χ4n) is 4.14. The number of benzene rings is 3. The molecule has 1 aliphatic heterocycles. The van der Waals surface area contributed by atoms with Crippen LogP contribution in [0.15, 0.2) is 60.7 Å². The number of fused-ring (bicyclic) bond motifs is 2. The molecule has 0 aliphatic carbocycles. The van der Waals surface area contributed by atoms with Gasteiger partial charge in [-0.25, -0.2) is 9.97 Å². The van der Waals surface area contributed by atoms with Crippen molar-refractivity contribution in [2.75, 3.05) is 51.6 Å². The summed E-state index contributed by atoms with van der Waals surface area (Å²) in [6, 6.07) is 19.7. The molecule has 0 atom stereocenters. The van der Waals surface area contributed by atoms with E-state index in [-0.39, 0.29) is 5.75 Å². The molecule has 1 aliphatic rings. The molecule has 0 unspecified atom stereocenters. The van der Waals surface area contributed by atoms with Crippen LogP contribution >= 0.6 is 0 Å². The fourth-order valence-corrected chi connectivity index (χ4v) is 4.14. The molecular formula is C25H27N5O. The Kier molecular flexibility index (Phi) is 5.40. The molecule has 1 saturated heterocycles. The van der Waals surface area contributed by atoms with Crippen LogP contribution in [0.25, 0.3) is 33.1 Å². The third-order valence-corrected chi connectivity index (χ3v) is 6.02. The molecule has 158 valence electrons. The second kappa shape index (κ2) is 8.49. The number of anilines is 1. The molecule has 3 aromatic carbocycles. The van der Waals surface area contributed by atoms with Crippen LogP contribution < -0.4 is 5.32 Å². The minimum absolute atomic E-state index is 0.192. The van der Waals surface area contributed by atoms with Gasteiger partial charge in [0.05, 0.1) is 11.1 Å². The smallest absolute Gasteiger partial charge is 0.165 e. The van der Waals surface area contributed by atoms with Gasteiger partial charge in [0.15, 0.2) is 5.82 Å². The van der Waals surface area contributed by atoms with Gasteiger partial charge in [-0.2, -0.15) is 0 Å². The Balaban J connectivity index is 1.45. The second-order valence-corrected chi connectivity index (χ2v) is 8.20. The molecule has 0 bridgehead atoms. The Morgan fingerprint density at radius 2 is 1.61 bits per heavy atom. The molecule has 0 saturated carbocycles. The average Bonchev–Trinajstić information content (AvgIpc) is 2.80. The van der Waals surface area contributed by atoms with Gasteiger partial charge in [0.1, 0.15) is 11.6 Å². The van der Waals surface area contributed by atoms with Crippen molar-refractivity contribution in [3.05, 3.63) is 60.7 Å². The predicted octanol–water partition coefficient (Wildman–Crippen LogP) is 3.81. The van der Waals surface area contributed by atoms with Gasteiger partial charge in [-0.1, -0.05) is 36.4 Å². The summed E-state index contributed by atoms with van der Waals surface area (Å²) < 4.78 is 0. The number of phenolic OH excluding ortho intramolecular Hbond substituents is 1. The number of nitrogens with zero attached hydrogens (tertiary/aromatic N) is 4. The van der Waals surface area contributed by atoms with E-state index in [2.05, 4.69) is 22.2 Å². The highest BCUT2D eigenvalue weighted by molar-refractivity contribution is 5.93. The van der Waals surface area contributed by atoms with Crippen LogP contribution in [0.4, 0.5) is 5.82 Å². The van der Waals surface area contributed by atoms with E-state index in [1.807, 2.05) is 54.6 Å². The summed E-state index contributed by atoms with van der Waals surface area (Å²) in [4.78, 5) is 14.4. The van der Waals surface area contributed by atoms with Gasteiger partial charge in [-0.05, 0) is 42.1 Å². The maximum absolute atomic E-state index is 10.7. The normalized spacial score (nSPS) is 15.5. The molecule has 6 nitrogen and oxygen atoms in total. The van der Waals surface area contributed by atoms with Crippen LogP contribution in [0.1, 0.15) is 0 Å². The van der Waals surface area contributed by atoms with Crippen molar-refractivity contribution in [2.45, 2.75) is 0 Å². The van der Waals surface area contributed by atoms with Crippen LogP contribution in [-0.2, 0) is 0 Å². The zero-order valence-electron chi connectivity index (χ0n) is 17.8. The molecule has 31 heavy (non-hydrogen) atoms. The summed E-state index contributed by atoms with van der Waals surface area (Å²) in [5, 5.41) is 17.2. The van der Waals surface area contributed by atoms with Gasteiger partial charge in [0.25, 0.3) is 0 Å². The van der Waals surface area contributed by atoms with E-state index in [0.29, 0.717) is 11.4 Å². The molecule has 1 aromatic heterocycles. The van der Waals surface area contributed by atoms with E-state index >= 15 is 0 Å². The van der Waals surface area contributed by atoms with E-state index in [0.717, 1.165) is 66.8 Å². The van der Waals surface area contributed by atoms with Crippen LogP contribution in [-0.4, -0.2) is 71.2 Å². The molecule has 0 radical (unpaired) electrons. The van der Waals surface area contributed by atoms with E-state index in [4.69, 9.17) is 9.97 Å². The Hall–Kier alpha value is -3.22. The largest absolute Gasteiger partial charge is 0.507 e. The minimum Gasteiger partial charge on any atom is -0.507 e. The number of hydrogen-bond acceptors (Lipinski definition) is 6. The SMILES string of the molecule is CN1CCN(CCNc2nc(-c3cc4ccccc4cc3O)nc3ccccc23)CC1. The molecule has 5 rings (SSSR count). The number of piperazine rings is 1. The average molecular weight is 414 g/mol. The lowest BCUT2D eigenvalue weighted by Crippen LogP contribution is -2.45. The van der Waals surface area contributed by atoms with Crippen LogP contribution in [0.5, 0.6) is 5.75 Å². The molecule has 0 amide bonds.